The van der Waals surface area contributed by atoms with Crippen molar-refractivity contribution in [3.8, 4) is 0 Å². The molecule has 8 heteroatoms. The lowest BCUT2D eigenvalue weighted by atomic mass is 10.1. The largest absolute Gasteiger partial charge is 0.467 e. The number of esters is 1. The molecule has 1 aromatic rings. The van der Waals surface area contributed by atoms with Gasteiger partial charge in [0.2, 0.25) is 0 Å². The van der Waals surface area contributed by atoms with Crippen molar-refractivity contribution >= 4 is 23.6 Å². The van der Waals surface area contributed by atoms with E-state index in [4.69, 9.17) is 0 Å². The van der Waals surface area contributed by atoms with Gasteiger partial charge < -0.3 is 10.1 Å². The third-order valence-corrected chi connectivity index (χ3v) is 3.52. The summed E-state index contributed by atoms with van der Waals surface area (Å²) in [6, 6.07) is 2.96. The van der Waals surface area contributed by atoms with E-state index in [0.717, 1.165) is 24.3 Å². The van der Waals surface area contributed by atoms with Crippen LogP contribution in [0.5, 0.6) is 0 Å². The fourth-order valence-corrected chi connectivity index (χ4v) is 2.15. The van der Waals surface area contributed by atoms with Crippen LogP contribution in [0.15, 0.2) is 24.3 Å². The number of amides is 1. The molecule has 4 nitrogen and oxygen atoms in total. The Morgan fingerprint density at radius 1 is 1.27 bits per heavy atom. The molecule has 0 saturated heterocycles. The summed E-state index contributed by atoms with van der Waals surface area (Å²) in [6.07, 6.45) is -2.23. The molecule has 1 amide bonds. The Morgan fingerprint density at radius 2 is 1.86 bits per heavy atom. The molecule has 0 aromatic heterocycles. The highest BCUT2D eigenvalue weighted by Crippen LogP contribution is 2.29. The van der Waals surface area contributed by atoms with Gasteiger partial charge in [0.05, 0.1) is 12.7 Å². The number of hydrogen-bond acceptors (Lipinski definition) is 4. The van der Waals surface area contributed by atoms with E-state index in [1.807, 2.05) is 6.26 Å². The molecule has 0 heterocycles. The first kappa shape index (κ1) is 18.3. The molecule has 0 fully saturated rings. The van der Waals surface area contributed by atoms with Crippen molar-refractivity contribution in [3.05, 3.63) is 35.4 Å². The molecule has 1 rings (SSSR count). The number of benzene rings is 1. The van der Waals surface area contributed by atoms with Gasteiger partial charge >= 0.3 is 12.1 Å². The molecule has 0 bridgehead atoms. The number of thioether (sulfide) groups is 1. The average molecular weight is 335 g/mol. The van der Waals surface area contributed by atoms with Crippen molar-refractivity contribution in [2.45, 2.75) is 18.6 Å². The minimum absolute atomic E-state index is 0.0473. The van der Waals surface area contributed by atoms with Crippen LogP contribution in [0.1, 0.15) is 22.3 Å². The summed E-state index contributed by atoms with van der Waals surface area (Å²) < 4.78 is 42.0. The normalized spacial score (nSPS) is 12.6. The fraction of sp³-hybridized carbons (Fsp3) is 0.429. The molecule has 0 aliphatic rings. The predicted molar refractivity (Wildman–Crippen MR) is 77.7 cm³/mol. The van der Waals surface area contributed by atoms with Crippen molar-refractivity contribution in [2.75, 3.05) is 19.1 Å². The van der Waals surface area contributed by atoms with Crippen molar-refractivity contribution in [1.82, 2.24) is 5.32 Å². The number of carbonyl (C=O) groups is 2. The van der Waals surface area contributed by atoms with Gasteiger partial charge in [-0.1, -0.05) is 0 Å². The van der Waals surface area contributed by atoms with E-state index in [0.29, 0.717) is 12.2 Å². The quantitative estimate of drug-likeness (QED) is 0.812. The van der Waals surface area contributed by atoms with Crippen LogP contribution in [0.2, 0.25) is 0 Å². The van der Waals surface area contributed by atoms with Crippen LogP contribution in [0.4, 0.5) is 13.2 Å². The number of ether oxygens (including phenoxy) is 1. The Kier molecular flexibility index (Phi) is 6.73. The van der Waals surface area contributed by atoms with Crippen LogP contribution in [0.25, 0.3) is 0 Å². The molecule has 0 aliphatic heterocycles. The molecular formula is C14H16F3NO3S. The summed E-state index contributed by atoms with van der Waals surface area (Å²) in [5.74, 6) is -0.577. The predicted octanol–water partition coefficient (Wildman–Crippen LogP) is 2.73. The Hall–Kier alpha value is -1.70. The Balaban J connectivity index is 2.79. The Bertz CT molecular complexity index is 517. The average Bonchev–Trinajstić information content (AvgIpc) is 2.49. The fourth-order valence-electron chi connectivity index (χ4n) is 1.68. The van der Waals surface area contributed by atoms with Gasteiger partial charge in [-0.05, 0) is 42.7 Å². The second-order valence-electron chi connectivity index (χ2n) is 4.41. The number of nitrogens with one attached hydrogen (secondary N) is 1. The van der Waals surface area contributed by atoms with Crippen LogP contribution in [0.3, 0.4) is 0 Å². The van der Waals surface area contributed by atoms with Gasteiger partial charge in [0, 0.05) is 5.56 Å². The van der Waals surface area contributed by atoms with E-state index in [1.165, 1.54) is 18.9 Å². The van der Waals surface area contributed by atoms with Gasteiger partial charge in [-0.15, -0.1) is 0 Å². The third-order valence-electron chi connectivity index (χ3n) is 2.88. The van der Waals surface area contributed by atoms with E-state index >= 15 is 0 Å². The van der Waals surface area contributed by atoms with E-state index < -0.39 is 29.7 Å². The van der Waals surface area contributed by atoms with Crippen LogP contribution < -0.4 is 5.32 Å². The molecular weight excluding hydrogens is 319 g/mol. The third kappa shape index (κ3) is 5.25. The minimum atomic E-state index is -4.46. The molecule has 1 aromatic carbocycles. The molecule has 122 valence electrons. The van der Waals surface area contributed by atoms with E-state index in [-0.39, 0.29) is 5.56 Å². The van der Waals surface area contributed by atoms with Gasteiger partial charge in [-0.2, -0.15) is 24.9 Å². The number of alkyl halides is 3. The van der Waals surface area contributed by atoms with Crippen molar-refractivity contribution < 1.29 is 27.5 Å². The number of hydrogen-bond donors (Lipinski definition) is 1. The van der Waals surface area contributed by atoms with E-state index in [2.05, 4.69) is 10.1 Å². The molecule has 0 aliphatic carbocycles. The smallest absolute Gasteiger partial charge is 0.416 e. The topological polar surface area (TPSA) is 55.4 Å². The number of halogens is 3. The van der Waals surface area contributed by atoms with Crippen LogP contribution in [0, 0.1) is 0 Å². The summed E-state index contributed by atoms with van der Waals surface area (Å²) in [4.78, 5) is 23.6. The van der Waals surface area contributed by atoms with Crippen molar-refractivity contribution in [3.63, 3.8) is 0 Å². The van der Waals surface area contributed by atoms with Crippen molar-refractivity contribution in [1.29, 1.82) is 0 Å². The number of methoxy groups -OCH3 is 1. The Labute approximate surface area is 130 Å². The molecule has 0 spiro atoms. The molecule has 0 radical (unpaired) electrons. The molecule has 1 atom stereocenters. The second-order valence-corrected chi connectivity index (χ2v) is 5.39. The zero-order valence-electron chi connectivity index (χ0n) is 12.1. The lowest BCUT2D eigenvalue weighted by Crippen LogP contribution is -2.41. The molecule has 1 N–H and O–H groups in total. The maximum Gasteiger partial charge on any atom is 0.416 e. The molecule has 22 heavy (non-hydrogen) atoms. The van der Waals surface area contributed by atoms with Gasteiger partial charge in [-0.3, -0.25) is 4.79 Å². The van der Waals surface area contributed by atoms with E-state index in [9.17, 15) is 22.8 Å². The summed E-state index contributed by atoms with van der Waals surface area (Å²) in [7, 11) is 1.21. The maximum absolute atomic E-state index is 12.5. The van der Waals surface area contributed by atoms with Crippen LogP contribution in [-0.2, 0) is 15.7 Å². The number of rotatable bonds is 6. The lowest BCUT2D eigenvalue weighted by molar-refractivity contribution is -0.143. The first-order valence-electron chi connectivity index (χ1n) is 6.34. The first-order valence-corrected chi connectivity index (χ1v) is 7.74. The number of carbonyl (C=O) groups excluding carboxylic acids is 2. The summed E-state index contributed by atoms with van der Waals surface area (Å²) >= 11 is 1.50. The lowest BCUT2D eigenvalue weighted by Gasteiger charge is -2.16. The van der Waals surface area contributed by atoms with Crippen LogP contribution in [-0.4, -0.2) is 37.0 Å². The second kappa shape index (κ2) is 8.07. The minimum Gasteiger partial charge on any atom is -0.467 e. The van der Waals surface area contributed by atoms with Gasteiger partial charge in [-0.25, -0.2) is 4.79 Å². The van der Waals surface area contributed by atoms with Crippen LogP contribution >= 0.6 is 11.8 Å². The van der Waals surface area contributed by atoms with E-state index in [1.54, 1.807) is 0 Å². The first-order chi connectivity index (χ1) is 10.3. The highest BCUT2D eigenvalue weighted by molar-refractivity contribution is 7.98. The zero-order chi connectivity index (χ0) is 16.8. The monoisotopic (exact) mass is 335 g/mol. The highest BCUT2D eigenvalue weighted by atomic mass is 32.2. The summed E-state index contributed by atoms with van der Waals surface area (Å²) in [5.41, 5.74) is -0.790. The van der Waals surface area contributed by atoms with Gasteiger partial charge in [0.15, 0.2) is 0 Å². The van der Waals surface area contributed by atoms with Gasteiger partial charge in [0.1, 0.15) is 6.04 Å². The zero-order valence-corrected chi connectivity index (χ0v) is 12.9. The summed E-state index contributed by atoms with van der Waals surface area (Å²) in [5, 5.41) is 2.47. The van der Waals surface area contributed by atoms with Crippen molar-refractivity contribution in [2.24, 2.45) is 0 Å². The molecule has 1 unspecified atom stereocenters. The standard InChI is InChI=1S/C14H16F3NO3S/c1-21-13(20)11(7-8-22-2)18-12(19)9-3-5-10(6-4-9)14(15,16)17/h3-6,11H,7-8H2,1-2H3,(H,18,19). The summed E-state index contributed by atoms with van der Waals surface area (Å²) in [6.45, 7) is 0. The maximum atomic E-state index is 12.5. The van der Waals surface area contributed by atoms with Gasteiger partial charge in [0.25, 0.3) is 5.91 Å². The highest BCUT2D eigenvalue weighted by Gasteiger charge is 2.30. The molecule has 0 saturated carbocycles. The SMILES string of the molecule is COC(=O)C(CCSC)NC(=O)c1ccc(C(F)(F)F)cc1. The Morgan fingerprint density at radius 3 is 2.32 bits per heavy atom.